The molecule has 0 saturated carbocycles. The number of hydrogen-bond acceptors (Lipinski definition) is 5. The summed E-state index contributed by atoms with van der Waals surface area (Å²) in [6, 6.07) is 13.3. The van der Waals surface area contributed by atoms with E-state index in [1.54, 1.807) is 18.3 Å². The molecular formula is C21H13F3N4O4. The molecule has 4 rings (SSSR count). The van der Waals surface area contributed by atoms with Gasteiger partial charge in [-0.05, 0) is 42.5 Å². The van der Waals surface area contributed by atoms with E-state index in [-0.39, 0.29) is 17.1 Å². The normalized spacial score (nSPS) is 11.8. The summed E-state index contributed by atoms with van der Waals surface area (Å²) in [4.78, 5) is 22.6. The quantitative estimate of drug-likeness (QED) is 0.269. The van der Waals surface area contributed by atoms with E-state index in [0.29, 0.717) is 16.7 Å². The number of non-ortho nitro benzene ring substituents is 1. The Balaban J connectivity index is 1.51. The molecule has 1 N–H and O–H groups in total. The molecule has 0 aliphatic heterocycles. The second-order valence-electron chi connectivity index (χ2n) is 6.64. The van der Waals surface area contributed by atoms with Gasteiger partial charge in [0.15, 0.2) is 5.76 Å². The van der Waals surface area contributed by atoms with Gasteiger partial charge >= 0.3 is 12.1 Å². The molecule has 4 aromatic rings. The Morgan fingerprint density at radius 1 is 1.12 bits per heavy atom. The predicted octanol–water partition coefficient (Wildman–Crippen LogP) is 4.91. The summed E-state index contributed by atoms with van der Waals surface area (Å²) in [7, 11) is 0. The van der Waals surface area contributed by atoms with Gasteiger partial charge in [-0.1, -0.05) is 6.07 Å². The molecule has 2 aromatic carbocycles. The van der Waals surface area contributed by atoms with E-state index in [1.807, 2.05) is 0 Å². The third-order valence-corrected chi connectivity index (χ3v) is 4.53. The fraction of sp³-hybridized carbons (Fsp3) is 0.0476. The number of furan rings is 1. The monoisotopic (exact) mass is 442 g/mol. The van der Waals surface area contributed by atoms with Crippen LogP contribution in [-0.2, 0) is 6.18 Å². The number of benzene rings is 2. The maximum Gasteiger partial charge on any atom is 0.416 e. The van der Waals surface area contributed by atoms with Crippen molar-refractivity contribution in [2.24, 2.45) is 5.10 Å². The van der Waals surface area contributed by atoms with E-state index >= 15 is 0 Å². The first kappa shape index (κ1) is 20.8. The Morgan fingerprint density at radius 3 is 2.69 bits per heavy atom. The number of amides is 1. The van der Waals surface area contributed by atoms with Gasteiger partial charge in [0.05, 0.1) is 22.4 Å². The minimum atomic E-state index is -4.47. The minimum absolute atomic E-state index is 0.106. The lowest BCUT2D eigenvalue weighted by molar-refractivity contribution is -0.384. The van der Waals surface area contributed by atoms with Crippen LogP contribution in [0.2, 0.25) is 0 Å². The first-order valence-electron chi connectivity index (χ1n) is 9.09. The molecule has 0 fully saturated rings. The third kappa shape index (κ3) is 4.21. The number of carbonyl (C=O) groups excluding carboxylic acids is 1. The predicted molar refractivity (Wildman–Crippen MR) is 109 cm³/mol. The van der Waals surface area contributed by atoms with Crippen LogP contribution in [0.25, 0.3) is 16.7 Å². The van der Waals surface area contributed by atoms with Crippen molar-refractivity contribution < 1.29 is 27.3 Å². The second-order valence-corrected chi connectivity index (χ2v) is 6.64. The van der Waals surface area contributed by atoms with Crippen LogP contribution in [0.1, 0.15) is 21.8 Å². The zero-order valence-corrected chi connectivity index (χ0v) is 16.0. The third-order valence-electron chi connectivity index (χ3n) is 4.53. The molecule has 8 nitrogen and oxygen atoms in total. The van der Waals surface area contributed by atoms with Gasteiger partial charge in [0.25, 0.3) is 5.69 Å². The number of nitro groups is 1. The minimum Gasteiger partial charge on any atom is -0.451 e. The highest BCUT2D eigenvalue weighted by molar-refractivity contribution is 5.96. The Hall–Kier alpha value is -4.41. The molecule has 0 unspecified atom stereocenters. The number of aromatic nitrogens is 1. The lowest BCUT2D eigenvalue weighted by Crippen LogP contribution is -2.17. The highest BCUT2D eigenvalue weighted by Crippen LogP contribution is 2.30. The largest absolute Gasteiger partial charge is 0.451 e. The number of nitrogens with one attached hydrogen (secondary N) is 1. The van der Waals surface area contributed by atoms with Crippen molar-refractivity contribution in [3.05, 3.63) is 94.0 Å². The van der Waals surface area contributed by atoms with Gasteiger partial charge in [-0.3, -0.25) is 14.9 Å². The molecule has 32 heavy (non-hydrogen) atoms. The first-order valence-corrected chi connectivity index (χ1v) is 9.09. The van der Waals surface area contributed by atoms with E-state index in [1.165, 1.54) is 47.2 Å². The Bertz CT molecular complexity index is 1350. The molecule has 0 atom stereocenters. The van der Waals surface area contributed by atoms with Crippen molar-refractivity contribution >= 4 is 28.8 Å². The zero-order chi connectivity index (χ0) is 22.9. The summed E-state index contributed by atoms with van der Waals surface area (Å²) >= 11 is 0. The van der Waals surface area contributed by atoms with E-state index in [2.05, 4.69) is 10.5 Å². The number of fused-ring (bicyclic) bond motifs is 1. The molecule has 2 aromatic heterocycles. The van der Waals surface area contributed by atoms with Gasteiger partial charge in [0.2, 0.25) is 0 Å². The lowest BCUT2D eigenvalue weighted by Gasteiger charge is -2.10. The van der Waals surface area contributed by atoms with Crippen molar-refractivity contribution in [2.75, 3.05) is 0 Å². The number of alkyl halides is 3. The molecule has 2 heterocycles. The molecule has 0 saturated heterocycles. The number of hydrogen-bond donors (Lipinski definition) is 1. The topological polar surface area (TPSA) is 103 Å². The Morgan fingerprint density at radius 2 is 1.94 bits per heavy atom. The van der Waals surface area contributed by atoms with Crippen LogP contribution in [0.15, 0.2) is 76.4 Å². The van der Waals surface area contributed by atoms with Gasteiger partial charge in [-0.15, -0.1) is 0 Å². The molecule has 0 bridgehead atoms. The van der Waals surface area contributed by atoms with Gasteiger partial charge in [0, 0.05) is 29.4 Å². The second kappa shape index (κ2) is 8.02. The highest BCUT2D eigenvalue weighted by Gasteiger charge is 2.30. The van der Waals surface area contributed by atoms with Crippen molar-refractivity contribution in [3.8, 4) is 5.69 Å². The maximum absolute atomic E-state index is 13.0. The van der Waals surface area contributed by atoms with Crippen molar-refractivity contribution in [3.63, 3.8) is 0 Å². The molecule has 0 spiro atoms. The van der Waals surface area contributed by atoms with E-state index in [9.17, 15) is 28.1 Å². The molecule has 11 heteroatoms. The summed E-state index contributed by atoms with van der Waals surface area (Å²) in [5.41, 5.74) is 2.32. The van der Waals surface area contributed by atoms with Crippen LogP contribution in [0.3, 0.4) is 0 Å². The number of rotatable bonds is 5. The van der Waals surface area contributed by atoms with Gasteiger partial charge in [0.1, 0.15) is 5.58 Å². The van der Waals surface area contributed by atoms with Gasteiger partial charge < -0.3 is 8.98 Å². The molecule has 1 amide bonds. The number of nitrogens with zero attached hydrogens (tertiary/aromatic N) is 3. The fourth-order valence-corrected chi connectivity index (χ4v) is 3.03. The molecule has 0 aliphatic carbocycles. The van der Waals surface area contributed by atoms with Crippen LogP contribution in [0.5, 0.6) is 0 Å². The number of carbonyl (C=O) groups is 1. The summed E-state index contributed by atoms with van der Waals surface area (Å²) in [5.74, 6) is -0.803. The number of nitro benzene ring substituents is 1. The maximum atomic E-state index is 13.0. The SMILES string of the molecule is O=C(N/N=C/c1cccn1-c1cccc(C(F)(F)F)c1)c1cc2cc([N+](=O)[O-])ccc2o1. The smallest absolute Gasteiger partial charge is 0.416 e. The molecule has 162 valence electrons. The van der Waals surface area contributed by atoms with Crippen LogP contribution in [0.4, 0.5) is 18.9 Å². The highest BCUT2D eigenvalue weighted by atomic mass is 19.4. The van der Waals surface area contributed by atoms with Crippen LogP contribution in [0, 0.1) is 10.1 Å². The molecule has 0 aliphatic rings. The van der Waals surface area contributed by atoms with Crippen molar-refractivity contribution in [2.45, 2.75) is 6.18 Å². The van der Waals surface area contributed by atoms with Gasteiger partial charge in [-0.2, -0.15) is 18.3 Å². The van der Waals surface area contributed by atoms with E-state index in [0.717, 1.165) is 12.1 Å². The Labute approximate surface area is 177 Å². The molecule has 0 radical (unpaired) electrons. The van der Waals surface area contributed by atoms with E-state index < -0.39 is 22.6 Å². The van der Waals surface area contributed by atoms with Gasteiger partial charge in [-0.25, -0.2) is 5.43 Å². The standard InChI is InChI=1S/C21H13F3N4O4/c22-21(23,24)14-3-1-4-15(11-14)27-8-2-5-17(27)12-25-26-20(29)19-10-13-9-16(28(30)31)6-7-18(13)32-19/h1-12H,(H,26,29)/b25-12+. The number of hydrazone groups is 1. The molecular weight excluding hydrogens is 429 g/mol. The lowest BCUT2D eigenvalue weighted by atomic mass is 10.2. The number of halogens is 3. The van der Waals surface area contributed by atoms with E-state index in [4.69, 9.17) is 4.42 Å². The summed E-state index contributed by atoms with van der Waals surface area (Å²) in [5, 5.41) is 15.1. The van der Waals surface area contributed by atoms with Crippen molar-refractivity contribution in [1.29, 1.82) is 0 Å². The summed E-state index contributed by atoms with van der Waals surface area (Å²) in [6.45, 7) is 0. The summed E-state index contributed by atoms with van der Waals surface area (Å²) < 4.78 is 45.8. The first-order chi connectivity index (χ1) is 15.2. The van der Waals surface area contributed by atoms with Crippen LogP contribution >= 0.6 is 0 Å². The summed E-state index contributed by atoms with van der Waals surface area (Å²) in [6.07, 6.45) is -1.64. The average molecular weight is 442 g/mol. The van der Waals surface area contributed by atoms with Crippen molar-refractivity contribution in [1.82, 2.24) is 9.99 Å². The average Bonchev–Trinajstić information content (AvgIpc) is 3.39. The fourth-order valence-electron chi connectivity index (χ4n) is 3.03. The zero-order valence-electron chi connectivity index (χ0n) is 16.0. The van der Waals surface area contributed by atoms with Crippen LogP contribution in [-0.4, -0.2) is 21.6 Å². The van der Waals surface area contributed by atoms with Crippen LogP contribution < -0.4 is 5.43 Å². The Kier molecular flexibility index (Phi) is 5.23.